The Bertz CT molecular complexity index is 706. The predicted octanol–water partition coefficient (Wildman–Crippen LogP) is 3.39. The van der Waals surface area contributed by atoms with Crippen LogP contribution in [-0.4, -0.2) is 25.6 Å². The largest absolute Gasteiger partial charge is 0.326 e. The molecule has 0 atom stereocenters. The molecule has 1 aromatic rings. The zero-order valence-corrected chi connectivity index (χ0v) is 16.3. The molecule has 1 aromatic carbocycles. The molecule has 2 N–H and O–H groups in total. The summed E-state index contributed by atoms with van der Waals surface area (Å²) in [7, 11) is -3.31. The molecule has 2 rings (SSSR count). The highest BCUT2D eigenvalue weighted by atomic mass is 32.2. The van der Waals surface area contributed by atoms with Crippen LogP contribution in [0.3, 0.4) is 0 Å². The van der Waals surface area contributed by atoms with Crippen molar-refractivity contribution in [3.05, 3.63) is 29.3 Å². The van der Waals surface area contributed by atoms with Crippen LogP contribution >= 0.6 is 0 Å². The Kier molecular flexibility index (Phi) is 6.63. The summed E-state index contributed by atoms with van der Waals surface area (Å²) in [6.07, 6.45) is 6.22. The smallest absolute Gasteiger partial charge is 0.224 e. The summed E-state index contributed by atoms with van der Waals surface area (Å²) in [6, 6.07) is 6.12. The molecule has 25 heavy (non-hydrogen) atoms. The van der Waals surface area contributed by atoms with Gasteiger partial charge >= 0.3 is 0 Å². The highest BCUT2D eigenvalue weighted by Crippen LogP contribution is 2.28. The van der Waals surface area contributed by atoms with Crippen LogP contribution in [0.25, 0.3) is 0 Å². The molecular weight excluding hydrogens is 336 g/mol. The molecule has 0 saturated carbocycles. The van der Waals surface area contributed by atoms with E-state index < -0.39 is 14.8 Å². The Labute approximate surface area is 151 Å². The standard InChI is InChI=1S/C19H30N2O3S/c1-19(2,3)25(23,24)20-14-7-6-13-18(22)21-17-12-8-10-15-9-4-5-11-16(15)17/h8,10,12,20H,4-7,9,11,13-14H2,1-3H3,(H,21,22). The lowest BCUT2D eigenvalue weighted by molar-refractivity contribution is -0.116. The van der Waals surface area contributed by atoms with Crippen molar-refractivity contribution in [2.45, 2.75) is 70.5 Å². The van der Waals surface area contributed by atoms with Crippen molar-refractivity contribution in [3.63, 3.8) is 0 Å². The van der Waals surface area contributed by atoms with E-state index in [1.54, 1.807) is 20.8 Å². The van der Waals surface area contributed by atoms with E-state index in [0.29, 0.717) is 25.8 Å². The number of aryl methyl sites for hydroxylation is 1. The van der Waals surface area contributed by atoms with Crippen LogP contribution < -0.4 is 10.0 Å². The van der Waals surface area contributed by atoms with Gasteiger partial charge in [0.15, 0.2) is 0 Å². The summed E-state index contributed by atoms with van der Waals surface area (Å²) < 4.78 is 25.7. The summed E-state index contributed by atoms with van der Waals surface area (Å²) in [6.45, 7) is 5.38. The minimum Gasteiger partial charge on any atom is -0.326 e. The van der Waals surface area contributed by atoms with Crippen molar-refractivity contribution in [3.8, 4) is 0 Å². The van der Waals surface area contributed by atoms with Gasteiger partial charge in [0.05, 0.1) is 4.75 Å². The average molecular weight is 367 g/mol. The number of rotatable bonds is 7. The van der Waals surface area contributed by atoms with Gasteiger partial charge in [0.25, 0.3) is 0 Å². The molecule has 0 aromatic heterocycles. The van der Waals surface area contributed by atoms with E-state index in [1.165, 1.54) is 24.0 Å². The normalized spacial score (nSPS) is 14.8. The number of hydrogen-bond acceptors (Lipinski definition) is 3. The van der Waals surface area contributed by atoms with Crippen LogP contribution in [0.15, 0.2) is 18.2 Å². The molecule has 0 radical (unpaired) electrons. The van der Waals surface area contributed by atoms with Gasteiger partial charge in [-0.15, -0.1) is 0 Å². The fourth-order valence-corrected chi connectivity index (χ4v) is 3.79. The highest BCUT2D eigenvalue weighted by molar-refractivity contribution is 7.90. The third-order valence-electron chi connectivity index (χ3n) is 4.60. The predicted molar refractivity (Wildman–Crippen MR) is 102 cm³/mol. The molecule has 0 unspecified atom stereocenters. The van der Waals surface area contributed by atoms with Gasteiger partial charge in [0.2, 0.25) is 15.9 Å². The third kappa shape index (κ3) is 5.54. The number of nitrogens with one attached hydrogen (secondary N) is 2. The number of fused-ring (bicyclic) bond motifs is 1. The average Bonchev–Trinajstić information content (AvgIpc) is 2.54. The molecular formula is C19H30N2O3S. The topological polar surface area (TPSA) is 75.3 Å². The van der Waals surface area contributed by atoms with Gasteiger partial charge in [0.1, 0.15) is 0 Å². The van der Waals surface area contributed by atoms with Crippen LogP contribution in [0, 0.1) is 0 Å². The van der Waals surface area contributed by atoms with Gasteiger partial charge in [-0.2, -0.15) is 0 Å². The van der Waals surface area contributed by atoms with Crippen LogP contribution in [0.4, 0.5) is 5.69 Å². The van der Waals surface area contributed by atoms with E-state index in [9.17, 15) is 13.2 Å². The summed E-state index contributed by atoms with van der Waals surface area (Å²) >= 11 is 0. The Hall–Kier alpha value is -1.40. The lowest BCUT2D eigenvalue weighted by Crippen LogP contribution is -2.39. The minimum atomic E-state index is -3.31. The van der Waals surface area contributed by atoms with E-state index in [-0.39, 0.29) is 5.91 Å². The maximum absolute atomic E-state index is 12.2. The van der Waals surface area contributed by atoms with E-state index >= 15 is 0 Å². The monoisotopic (exact) mass is 366 g/mol. The first-order valence-electron chi connectivity index (χ1n) is 9.10. The van der Waals surface area contributed by atoms with Crippen molar-refractivity contribution in [2.24, 2.45) is 0 Å². The Morgan fingerprint density at radius 2 is 1.84 bits per heavy atom. The zero-order chi connectivity index (χ0) is 18.5. The SMILES string of the molecule is CC(C)(C)S(=O)(=O)NCCCCC(=O)Nc1cccc2c1CCCC2. The van der Waals surface area contributed by atoms with Gasteiger partial charge in [0, 0.05) is 18.7 Å². The van der Waals surface area contributed by atoms with Gasteiger partial charge < -0.3 is 5.32 Å². The zero-order valence-electron chi connectivity index (χ0n) is 15.5. The molecule has 140 valence electrons. The van der Waals surface area contributed by atoms with Gasteiger partial charge in [-0.1, -0.05) is 12.1 Å². The van der Waals surface area contributed by atoms with Crippen molar-refractivity contribution < 1.29 is 13.2 Å². The van der Waals surface area contributed by atoms with Crippen LogP contribution in [0.5, 0.6) is 0 Å². The lowest BCUT2D eigenvalue weighted by atomic mass is 9.90. The minimum absolute atomic E-state index is 0.00217. The highest BCUT2D eigenvalue weighted by Gasteiger charge is 2.27. The van der Waals surface area contributed by atoms with Gasteiger partial charge in [-0.05, 0) is 76.5 Å². The first-order valence-corrected chi connectivity index (χ1v) is 10.6. The van der Waals surface area contributed by atoms with E-state index in [2.05, 4.69) is 16.1 Å². The lowest BCUT2D eigenvalue weighted by Gasteiger charge is -2.20. The summed E-state index contributed by atoms with van der Waals surface area (Å²) in [5.74, 6) is -0.00217. The van der Waals surface area contributed by atoms with Crippen molar-refractivity contribution in [1.29, 1.82) is 0 Å². The summed E-state index contributed by atoms with van der Waals surface area (Å²) in [5, 5.41) is 3.02. The van der Waals surface area contributed by atoms with Crippen molar-refractivity contribution in [1.82, 2.24) is 4.72 Å². The first-order chi connectivity index (χ1) is 11.7. The maximum Gasteiger partial charge on any atom is 0.224 e. The number of amides is 1. The first kappa shape index (κ1) is 19.9. The molecule has 0 bridgehead atoms. The number of hydrogen-bond donors (Lipinski definition) is 2. The second-order valence-corrected chi connectivity index (χ2v) is 10.2. The second kappa shape index (κ2) is 8.32. The second-order valence-electron chi connectivity index (χ2n) is 7.67. The van der Waals surface area contributed by atoms with E-state index in [4.69, 9.17) is 0 Å². The molecule has 0 fully saturated rings. The Balaban J connectivity index is 1.75. The van der Waals surface area contributed by atoms with Crippen LogP contribution in [0.2, 0.25) is 0 Å². The molecule has 1 aliphatic carbocycles. The quantitative estimate of drug-likeness (QED) is 0.726. The van der Waals surface area contributed by atoms with Crippen LogP contribution in [0.1, 0.15) is 64.0 Å². The molecule has 5 nitrogen and oxygen atoms in total. The molecule has 1 aliphatic rings. The molecule has 1 amide bonds. The number of carbonyl (C=O) groups is 1. The maximum atomic E-state index is 12.2. The van der Waals surface area contributed by atoms with Crippen molar-refractivity contribution in [2.75, 3.05) is 11.9 Å². The number of unbranched alkanes of at least 4 members (excludes halogenated alkanes) is 1. The van der Waals surface area contributed by atoms with E-state index in [1.807, 2.05) is 12.1 Å². The Morgan fingerprint density at radius 3 is 2.56 bits per heavy atom. The Morgan fingerprint density at radius 1 is 1.12 bits per heavy atom. The fourth-order valence-electron chi connectivity index (χ4n) is 2.94. The summed E-state index contributed by atoms with van der Waals surface area (Å²) in [5.41, 5.74) is 3.57. The molecule has 6 heteroatoms. The molecule has 0 saturated heterocycles. The van der Waals surface area contributed by atoms with Gasteiger partial charge in [-0.25, -0.2) is 13.1 Å². The molecule has 0 spiro atoms. The number of benzene rings is 1. The van der Waals surface area contributed by atoms with Crippen LogP contribution in [-0.2, 0) is 27.7 Å². The number of carbonyl (C=O) groups excluding carboxylic acids is 1. The third-order valence-corrected chi connectivity index (χ3v) is 6.80. The number of sulfonamides is 1. The van der Waals surface area contributed by atoms with Gasteiger partial charge in [-0.3, -0.25) is 4.79 Å². The molecule has 0 heterocycles. The molecule has 0 aliphatic heterocycles. The fraction of sp³-hybridized carbons (Fsp3) is 0.632. The summed E-state index contributed by atoms with van der Waals surface area (Å²) in [4.78, 5) is 12.2. The van der Waals surface area contributed by atoms with Crippen molar-refractivity contribution >= 4 is 21.6 Å². The number of anilines is 1. The van der Waals surface area contributed by atoms with E-state index in [0.717, 1.165) is 18.5 Å².